The van der Waals surface area contributed by atoms with Crippen molar-refractivity contribution in [2.45, 2.75) is 6.54 Å². The van der Waals surface area contributed by atoms with Crippen LogP contribution in [0.2, 0.25) is 0 Å². The Hall–Kier alpha value is -0.710. The highest BCUT2D eigenvalue weighted by molar-refractivity contribution is 9.10. The lowest BCUT2D eigenvalue weighted by molar-refractivity contribution is 0.164. The van der Waals surface area contributed by atoms with Crippen LogP contribution in [0.4, 0.5) is 0 Å². The summed E-state index contributed by atoms with van der Waals surface area (Å²) < 4.78 is 35.4. The molecule has 2 fully saturated rings. The van der Waals surface area contributed by atoms with E-state index in [4.69, 9.17) is 4.74 Å². The number of rotatable bonds is 5. The molecule has 1 aromatic carbocycles. The molecule has 0 saturated carbocycles. The summed E-state index contributed by atoms with van der Waals surface area (Å²) in [6.07, 6.45) is 0. The predicted octanol–water partition coefficient (Wildman–Crippen LogP) is 1.07. The van der Waals surface area contributed by atoms with Crippen LogP contribution < -0.4 is 4.74 Å². The molecule has 0 atom stereocenters. The Balaban J connectivity index is 1.58. The van der Waals surface area contributed by atoms with Gasteiger partial charge in [-0.2, -0.15) is 17.0 Å². The first-order valence-electron chi connectivity index (χ1n) is 8.88. The van der Waals surface area contributed by atoms with Crippen molar-refractivity contribution in [3.8, 4) is 5.75 Å². The molecule has 0 aliphatic carbocycles. The number of nitrogens with zero attached hydrogens (tertiary/aromatic N) is 4. The molecule has 0 spiro atoms. The fourth-order valence-corrected chi connectivity index (χ4v) is 5.40. The van der Waals surface area contributed by atoms with Crippen LogP contribution in [0.5, 0.6) is 5.75 Å². The van der Waals surface area contributed by atoms with Gasteiger partial charge in [0.15, 0.2) is 0 Å². The normalized spacial score (nSPS) is 21.8. The van der Waals surface area contributed by atoms with Gasteiger partial charge in [-0.15, -0.1) is 0 Å². The molecule has 2 aliphatic heterocycles. The van der Waals surface area contributed by atoms with Crippen molar-refractivity contribution >= 4 is 26.1 Å². The zero-order chi connectivity index (χ0) is 18.7. The van der Waals surface area contributed by atoms with Gasteiger partial charge in [0.05, 0.1) is 7.11 Å². The third-order valence-corrected chi connectivity index (χ3v) is 7.61. The molecule has 0 bridgehead atoms. The monoisotopic (exact) mass is 446 g/mol. The SMILES string of the molecule is COc1ccc(Br)cc1CN1CCN(S(=O)(=O)N2CCN(C)CC2)CC1. The molecule has 9 heteroatoms. The average Bonchev–Trinajstić information content (AvgIpc) is 2.63. The van der Waals surface area contributed by atoms with E-state index in [0.717, 1.165) is 48.5 Å². The number of ether oxygens (including phenoxy) is 1. The molecule has 2 saturated heterocycles. The topological polar surface area (TPSA) is 56.3 Å². The van der Waals surface area contributed by atoms with E-state index in [-0.39, 0.29) is 0 Å². The van der Waals surface area contributed by atoms with Crippen LogP contribution in [0, 0.1) is 0 Å². The van der Waals surface area contributed by atoms with Crippen LogP contribution in [0.1, 0.15) is 5.56 Å². The van der Waals surface area contributed by atoms with Crippen molar-refractivity contribution in [1.29, 1.82) is 0 Å². The first-order chi connectivity index (χ1) is 12.4. The molecule has 0 amide bonds. The largest absolute Gasteiger partial charge is 0.496 e. The molecule has 2 aliphatic rings. The van der Waals surface area contributed by atoms with Crippen LogP contribution in [0.15, 0.2) is 22.7 Å². The van der Waals surface area contributed by atoms with Crippen molar-refractivity contribution in [1.82, 2.24) is 18.4 Å². The van der Waals surface area contributed by atoms with Crippen molar-refractivity contribution < 1.29 is 13.2 Å². The minimum Gasteiger partial charge on any atom is -0.496 e. The Morgan fingerprint density at radius 1 is 1.00 bits per heavy atom. The highest BCUT2D eigenvalue weighted by Gasteiger charge is 2.33. The second-order valence-corrected chi connectivity index (χ2v) is 9.69. The van der Waals surface area contributed by atoms with Gasteiger partial charge in [-0.05, 0) is 25.2 Å². The summed E-state index contributed by atoms with van der Waals surface area (Å²) in [5, 5.41) is 0. The van der Waals surface area contributed by atoms with Gasteiger partial charge < -0.3 is 9.64 Å². The summed E-state index contributed by atoms with van der Waals surface area (Å²) in [4.78, 5) is 4.44. The van der Waals surface area contributed by atoms with E-state index in [1.165, 1.54) is 0 Å². The van der Waals surface area contributed by atoms with E-state index in [1.54, 1.807) is 15.7 Å². The van der Waals surface area contributed by atoms with Crippen molar-refractivity contribution in [3.05, 3.63) is 28.2 Å². The molecular weight excluding hydrogens is 420 g/mol. The summed E-state index contributed by atoms with van der Waals surface area (Å²) in [6.45, 7) is 6.01. The van der Waals surface area contributed by atoms with Crippen molar-refractivity contribution in [3.63, 3.8) is 0 Å². The molecule has 2 heterocycles. The molecule has 3 rings (SSSR count). The smallest absolute Gasteiger partial charge is 0.282 e. The van der Waals surface area contributed by atoms with Crippen molar-refractivity contribution in [2.75, 3.05) is 66.5 Å². The molecule has 0 N–H and O–H groups in total. The second-order valence-electron chi connectivity index (χ2n) is 6.84. The summed E-state index contributed by atoms with van der Waals surface area (Å²) in [5.74, 6) is 0.862. The minimum atomic E-state index is -3.34. The van der Waals surface area contributed by atoms with Gasteiger partial charge in [0.1, 0.15) is 5.75 Å². The maximum absolute atomic E-state index is 12.8. The maximum atomic E-state index is 12.8. The average molecular weight is 447 g/mol. The zero-order valence-electron chi connectivity index (χ0n) is 15.4. The molecule has 0 radical (unpaired) electrons. The zero-order valence-corrected chi connectivity index (χ0v) is 17.8. The Morgan fingerprint density at radius 3 is 2.15 bits per heavy atom. The van der Waals surface area contributed by atoms with Gasteiger partial charge in [0.25, 0.3) is 10.2 Å². The van der Waals surface area contributed by atoms with Crippen LogP contribution in [-0.4, -0.2) is 93.3 Å². The number of halogens is 1. The highest BCUT2D eigenvalue weighted by atomic mass is 79.9. The standard InChI is InChI=1S/C17H27BrN4O3S/c1-19-5-9-21(10-6-19)26(23,24)22-11-7-20(8-12-22)14-15-13-16(18)3-4-17(15)25-2/h3-4,13H,5-12,14H2,1-2H3. The highest BCUT2D eigenvalue weighted by Crippen LogP contribution is 2.25. The first-order valence-corrected chi connectivity index (χ1v) is 11.1. The fraction of sp³-hybridized carbons (Fsp3) is 0.647. The third kappa shape index (κ3) is 4.58. The van der Waals surface area contributed by atoms with E-state index in [1.807, 2.05) is 19.2 Å². The number of methoxy groups -OCH3 is 1. The van der Waals surface area contributed by atoms with Gasteiger partial charge in [0, 0.05) is 68.9 Å². The molecule has 1 aromatic rings. The van der Waals surface area contributed by atoms with Gasteiger partial charge in [-0.25, -0.2) is 0 Å². The van der Waals surface area contributed by atoms with Gasteiger partial charge >= 0.3 is 0 Å². The number of piperazine rings is 2. The fourth-order valence-electron chi connectivity index (χ4n) is 3.41. The molecule has 146 valence electrons. The molecule has 0 aromatic heterocycles. The van der Waals surface area contributed by atoms with Crippen LogP contribution in [-0.2, 0) is 16.8 Å². The van der Waals surface area contributed by atoms with E-state index in [0.29, 0.717) is 26.2 Å². The van der Waals surface area contributed by atoms with E-state index >= 15 is 0 Å². The van der Waals surface area contributed by atoms with Gasteiger partial charge in [-0.3, -0.25) is 4.90 Å². The summed E-state index contributed by atoms with van der Waals surface area (Å²) >= 11 is 3.50. The molecule has 26 heavy (non-hydrogen) atoms. The maximum Gasteiger partial charge on any atom is 0.282 e. The van der Waals surface area contributed by atoms with Gasteiger partial charge in [-0.1, -0.05) is 15.9 Å². The predicted molar refractivity (Wildman–Crippen MR) is 106 cm³/mol. The van der Waals surface area contributed by atoms with E-state index in [9.17, 15) is 8.42 Å². The molecule has 0 unspecified atom stereocenters. The Kier molecular flexibility index (Phi) is 6.58. The first kappa shape index (κ1) is 20.0. The number of benzene rings is 1. The van der Waals surface area contributed by atoms with E-state index < -0.39 is 10.2 Å². The van der Waals surface area contributed by atoms with Gasteiger partial charge in [0.2, 0.25) is 0 Å². The lowest BCUT2D eigenvalue weighted by Gasteiger charge is -2.39. The summed E-state index contributed by atoms with van der Waals surface area (Å²) in [5.41, 5.74) is 1.11. The quantitative estimate of drug-likeness (QED) is 0.676. The van der Waals surface area contributed by atoms with Crippen LogP contribution >= 0.6 is 15.9 Å². The van der Waals surface area contributed by atoms with Crippen molar-refractivity contribution in [2.24, 2.45) is 0 Å². The Morgan fingerprint density at radius 2 is 1.58 bits per heavy atom. The summed E-state index contributed by atoms with van der Waals surface area (Å²) in [6, 6.07) is 5.97. The second kappa shape index (κ2) is 8.53. The van der Waals surface area contributed by atoms with Crippen LogP contribution in [0.3, 0.4) is 0 Å². The lowest BCUT2D eigenvalue weighted by Crippen LogP contribution is -2.56. The lowest BCUT2D eigenvalue weighted by atomic mass is 10.2. The van der Waals surface area contributed by atoms with E-state index in [2.05, 4.69) is 31.8 Å². The number of likely N-dealkylation sites (N-methyl/N-ethyl adjacent to an activating group) is 1. The van der Waals surface area contributed by atoms with Crippen LogP contribution in [0.25, 0.3) is 0 Å². The number of hydrogen-bond acceptors (Lipinski definition) is 5. The minimum absolute atomic E-state index is 0.533. The molecular formula is C17H27BrN4O3S. The Bertz CT molecular complexity index is 715. The third-order valence-electron chi connectivity index (χ3n) is 5.08. The number of hydrogen-bond donors (Lipinski definition) is 0. The Labute approximate surface area is 164 Å². The molecule has 7 nitrogen and oxygen atoms in total. The summed E-state index contributed by atoms with van der Waals surface area (Å²) in [7, 11) is 0.357.